The molecule has 3 amide bonds. The molecule has 0 aliphatic heterocycles. The molecule has 8 heteroatoms. The third-order valence-electron chi connectivity index (χ3n) is 6.15. The van der Waals surface area contributed by atoms with Crippen LogP contribution in [0.5, 0.6) is 5.75 Å². The summed E-state index contributed by atoms with van der Waals surface area (Å²) in [7, 11) is 1.57. The summed E-state index contributed by atoms with van der Waals surface area (Å²) >= 11 is 0. The van der Waals surface area contributed by atoms with Crippen LogP contribution in [0.4, 0.5) is 10.5 Å². The highest BCUT2D eigenvalue weighted by atomic mass is 16.6. The summed E-state index contributed by atoms with van der Waals surface area (Å²) in [5, 5.41) is 5.51. The van der Waals surface area contributed by atoms with Crippen LogP contribution in [-0.4, -0.2) is 47.6 Å². The molecule has 37 heavy (non-hydrogen) atoms. The van der Waals surface area contributed by atoms with E-state index in [4.69, 9.17) is 9.47 Å². The molecule has 2 N–H and O–H groups in total. The van der Waals surface area contributed by atoms with Gasteiger partial charge in [0.05, 0.1) is 7.11 Å². The van der Waals surface area contributed by atoms with Crippen LogP contribution in [0.25, 0.3) is 0 Å². The molecule has 1 atom stereocenters. The fourth-order valence-electron chi connectivity index (χ4n) is 3.96. The monoisotopic (exact) mass is 511 g/mol. The zero-order valence-corrected chi connectivity index (χ0v) is 23.5. The molecule has 202 valence electrons. The summed E-state index contributed by atoms with van der Waals surface area (Å²) in [5.74, 6) is -0.0853. The Morgan fingerprint density at radius 3 is 2.11 bits per heavy atom. The number of alkyl carbamates (subject to hydrolysis) is 1. The highest BCUT2D eigenvalue weighted by Gasteiger charge is 2.40. The van der Waals surface area contributed by atoms with Crippen molar-refractivity contribution < 1.29 is 23.9 Å². The summed E-state index contributed by atoms with van der Waals surface area (Å²) in [5.41, 5.74) is 1.83. The highest BCUT2D eigenvalue weighted by Crippen LogP contribution is 2.34. The SMILES string of the molecule is CCC(C)(C)N(C(=O)CNC(=O)OC(C)(C)C)C(C(=O)Nc1ccc(OC)cc1)c1ccc(C)cc1C. The van der Waals surface area contributed by atoms with E-state index < -0.39 is 29.2 Å². The highest BCUT2D eigenvalue weighted by molar-refractivity contribution is 5.99. The van der Waals surface area contributed by atoms with Gasteiger partial charge in [0.25, 0.3) is 5.91 Å². The maximum absolute atomic E-state index is 13.9. The molecular formula is C29H41N3O5. The number of nitrogens with zero attached hydrogens (tertiary/aromatic N) is 1. The van der Waals surface area contributed by atoms with E-state index in [-0.39, 0.29) is 12.5 Å². The van der Waals surface area contributed by atoms with Crippen LogP contribution in [-0.2, 0) is 14.3 Å². The summed E-state index contributed by atoms with van der Waals surface area (Å²) < 4.78 is 10.5. The van der Waals surface area contributed by atoms with Crippen LogP contribution in [0.1, 0.15) is 70.7 Å². The number of carbonyl (C=O) groups is 3. The Bertz CT molecular complexity index is 1100. The van der Waals surface area contributed by atoms with E-state index in [1.54, 1.807) is 57.0 Å². The Labute approximate surface area is 220 Å². The average Bonchev–Trinajstić information content (AvgIpc) is 2.80. The first-order valence-corrected chi connectivity index (χ1v) is 12.5. The first-order valence-electron chi connectivity index (χ1n) is 12.5. The molecule has 0 radical (unpaired) electrons. The number of ether oxygens (including phenoxy) is 2. The van der Waals surface area contributed by atoms with Crippen molar-refractivity contribution in [1.82, 2.24) is 10.2 Å². The first kappa shape index (κ1) is 29.7. The van der Waals surface area contributed by atoms with Crippen LogP contribution in [0.2, 0.25) is 0 Å². The zero-order chi connectivity index (χ0) is 28.0. The van der Waals surface area contributed by atoms with Crippen molar-refractivity contribution in [3.8, 4) is 5.75 Å². The van der Waals surface area contributed by atoms with Crippen LogP contribution >= 0.6 is 0 Å². The fraction of sp³-hybridized carbons (Fsp3) is 0.483. The lowest BCUT2D eigenvalue weighted by atomic mass is 9.90. The third-order valence-corrected chi connectivity index (χ3v) is 6.15. The first-order chi connectivity index (χ1) is 17.2. The molecule has 2 aromatic carbocycles. The number of nitrogens with one attached hydrogen (secondary N) is 2. The standard InChI is InChI=1S/C29H41N3O5/c1-10-29(7,8)32(24(33)18-30-27(35)37-28(4,5)6)25(23-16-11-19(2)17-20(23)3)26(34)31-21-12-14-22(36-9)15-13-21/h11-17,25H,10,18H2,1-9H3,(H,30,35)(H,31,34). The number of amides is 3. The lowest BCUT2D eigenvalue weighted by Gasteiger charge is -2.43. The molecule has 2 aromatic rings. The van der Waals surface area contributed by atoms with Gasteiger partial charge in [-0.15, -0.1) is 0 Å². The molecule has 0 spiro atoms. The molecule has 0 aliphatic rings. The van der Waals surface area contributed by atoms with Gasteiger partial charge in [0.1, 0.15) is 23.9 Å². The molecule has 0 heterocycles. The van der Waals surface area contributed by atoms with Crippen LogP contribution in [0.15, 0.2) is 42.5 Å². The Balaban J connectivity index is 2.50. The van der Waals surface area contributed by atoms with Gasteiger partial charge in [-0.2, -0.15) is 0 Å². The van der Waals surface area contributed by atoms with E-state index >= 15 is 0 Å². The second kappa shape index (κ2) is 12.1. The lowest BCUT2D eigenvalue weighted by Crippen LogP contribution is -2.55. The van der Waals surface area contributed by atoms with E-state index in [9.17, 15) is 14.4 Å². The van der Waals surface area contributed by atoms with E-state index in [2.05, 4.69) is 10.6 Å². The van der Waals surface area contributed by atoms with Crippen LogP contribution in [0.3, 0.4) is 0 Å². The van der Waals surface area contributed by atoms with Gasteiger partial charge >= 0.3 is 6.09 Å². The van der Waals surface area contributed by atoms with Crippen molar-refractivity contribution in [3.05, 3.63) is 59.2 Å². The molecule has 0 bridgehead atoms. The number of rotatable bonds is 9. The number of hydrogen-bond donors (Lipinski definition) is 2. The van der Waals surface area contributed by atoms with Gasteiger partial charge in [0.2, 0.25) is 5.91 Å². The van der Waals surface area contributed by atoms with Gasteiger partial charge in [-0.1, -0.05) is 30.7 Å². The number of carbonyl (C=O) groups excluding carboxylic acids is 3. The number of anilines is 1. The molecule has 0 fully saturated rings. The summed E-state index contributed by atoms with van der Waals surface area (Å²) in [6, 6.07) is 11.9. The minimum Gasteiger partial charge on any atom is -0.497 e. The van der Waals surface area contributed by atoms with Crippen LogP contribution in [0, 0.1) is 13.8 Å². The number of hydrogen-bond acceptors (Lipinski definition) is 5. The predicted octanol–water partition coefficient (Wildman–Crippen LogP) is 5.53. The fourth-order valence-corrected chi connectivity index (χ4v) is 3.96. The van der Waals surface area contributed by atoms with Crippen molar-refractivity contribution in [2.75, 3.05) is 19.0 Å². The van der Waals surface area contributed by atoms with E-state index in [0.29, 0.717) is 23.4 Å². The van der Waals surface area contributed by atoms with Crippen molar-refractivity contribution >= 4 is 23.6 Å². The topological polar surface area (TPSA) is 97.0 Å². The van der Waals surface area contributed by atoms with E-state index in [1.807, 2.05) is 52.8 Å². The Kier molecular flexibility index (Phi) is 9.73. The van der Waals surface area contributed by atoms with Gasteiger partial charge in [-0.3, -0.25) is 9.59 Å². The Hall–Kier alpha value is -3.55. The molecule has 0 aliphatic carbocycles. The van der Waals surface area contributed by atoms with Crippen molar-refractivity contribution in [3.63, 3.8) is 0 Å². The zero-order valence-electron chi connectivity index (χ0n) is 23.5. The summed E-state index contributed by atoms with van der Waals surface area (Å²) in [6.07, 6.45) is -0.108. The van der Waals surface area contributed by atoms with Gasteiger partial charge in [-0.25, -0.2) is 4.79 Å². The third kappa shape index (κ3) is 8.23. The quantitative estimate of drug-likeness (QED) is 0.461. The van der Waals surface area contributed by atoms with Crippen LogP contribution < -0.4 is 15.4 Å². The largest absolute Gasteiger partial charge is 0.497 e. The number of benzene rings is 2. The predicted molar refractivity (Wildman–Crippen MR) is 146 cm³/mol. The second-order valence-corrected chi connectivity index (χ2v) is 10.8. The average molecular weight is 512 g/mol. The molecule has 0 saturated heterocycles. The lowest BCUT2D eigenvalue weighted by molar-refractivity contribution is -0.145. The molecule has 1 unspecified atom stereocenters. The number of aryl methyl sites for hydroxylation is 2. The molecule has 0 aromatic heterocycles. The Morgan fingerprint density at radius 1 is 0.973 bits per heavy atom. The van der Waals surface area contributed by atoms with Gasteiger partial charge in [0, 0.05) is 11.2 Å². The van der Waals surface area contributed by atoms with Gasteiger partial charge in [-0.05, 0) is 90.3 Å². The maximum Gasteiger partial charge on any atom is 0.408 e. The molecule has 0 saturated carbocycles. The second-order valence-electron chi connectivity index (χ2n) is 10.8. The number of methoxy groups -OCH3 is 1. The molecule has 8 nitrogen and oxygen atoms in total. The molecular weight excluding hydrogens is 470 g/mol. The molecule has 2 rings (SSSR count). The minimum absolute atomic E-state index is 0.310. The van der Waals surface area contributed by atoms with Gasteiger partial charge < -0.3 is 25.0 Å². The van der Waals surface area contributed by atoms with Crippen molar-refractivity contribution in [2.24, 2.45) is 0 Å². The van der Waals surface area contributed by atoms with Crippen molar-refractivity contribution in [1.29, 1.82) is 0 Å². The van der Waals surface area contributed by atoms with E-state index in [1.165, 1.54) is 0 Å². The van der Waals surface area contributed by atoms with E-state index in [0.717, 1.165) is 11.1 Å². The maximum atomic E-state index is 13.9. The van der Waals surface area contributed by atoms with Crippen molar-refractivity contribution in [2.45, 2.75) is 79.0 Å². The smallest absolute Gasteiger partial charge is 0.408 e. The minimum atomic E-state index is -0.939. The Morgan fingerprint density at radius 2 is 1.59 bits per heavy atom. The summed E-state index contributed by atoms with van der Waals surface area (Å²) in [4.78, 5) is 41.4. The normalized spacial score (nSPS) is 12.4. The van der Waals surface area contributed by atoms with Gasteiger partial charge in [0.15, 0.2) is 0 Å². The summed E-state index contributed by atoms with van der Waals surface area (Å²) in [6.45, 7) is 14.6.